The van der Waals surface area contributed by atoms with Gasteiger partial charge >= 0.3 is 0 Å². The first-order valence-corrected chi connectivity index (χ1v) is 4.36. The third-order valence-corrected chi connectivity index (χ3v) is 2.12. The van der Waals surface area contributed by atoms with Crippen LogP contribution in [0.1, 0.15) is 39.5 Å². The van der Waals surface area contributed by atoms with Gasteiger partial charge in [-0.2, -0.15) is 0 Å². The van der Waals surface area contributed by atoms with Crippen LogP contribution in [0.2, 0.25) is 0 Å². The van der Waals surface area contributed by atoms with E-state index < -0.39 is 0 Å². The molecule has 0 bridgehead atoms. The second-order valence-corrected chi connectivity index (χ2v) is 3.47. The number of alkyl halides is 1. The molecule has 0 atom stereocenters. The van der Waals surface area contributed by atoms with Crippen LogP contribution in [0.5, 0.6) is 0 Å². The first-order chi connectivity index (χ1) is 3.81. The number of hydrogen-bond donors (Lipinski definition) is 0. The van der Waals surface area contributed by atoms with Crippen molar-refractivity contribution >= 4 is 15.9 Å². The van der Waals surface area contributed by atoms with Crippen molar-refractivity contribution in [3.05, 3.63) is 0 Å². The Morgan fingerprint density at radius 3 is 1.75 bits per heavy atom. The van der Waals surface area contributed by atoms with Gasteiger partial charge in [0.1, 0.15) is 0 Å². The van der Waals surface area contributed by atoms with Gasteiger partial charge < -0.3 is 0 Å². The topological polar surface area (TPSA) is 0 Å². The SMILES string of the molecule is CCCC(Br)CCC. The van der Waals surface area contributed by atoms with Crippen LogP contribution in [0.4, 0.5) is 0 Å². The Balaban J connectivity index is 2.92. The molecular weight excluding hydrogens is 164 g/mol. The van der Waals surface area contributed by atoms with E-state index in [0.29, 0.717) is 0 Å². The van der Waals surface area contributed by atoms with Crippen molar-refractivity contribution in [2.45, 2.75) is 44.4 Å². The summed E-state index contributed by atoms with van der Waals surface area (Å²) in [4.78, 5) is 0.775. The molecule has 0 amide bonds. The molecule has 0 heterocycles. The van der Waals surface area contributed by atoms with Gasteiger partial charge in [0, 0.05) is 4.83 Å². The lowest BCUT2D eigenvalue weighted by atomic mass is 10.2. The van der Waals surface area contributed by atoms with Crippen molar-refractivity contribution in [1.29, 1.82) is 0 Å². The molecule has 0 aliphatic heterocycles. The van der Waals surface area contributed by atoms with Gasteiger partial charge in [-0.25, -0.2) is 0 Å². The average Bonchev–Trinajstić information content (AvgIpc) is 1.68. The van der Waals surface area contributed by atoms with E-state index >= 15 is 0 Å². The second kappa shape index (κ2) is 5.61. The van der Waals surface area contributed by atoms with Gasteiger partial charge in [0.05, 0.1) is 0 Å². The Bertz CT molecular complexity index is 37.7. The predicted octanol–water partition coefficient (Wildman–Crippen LogP) is 3.35. The van der Waals surface area contributed by atoms with Gasteiger partial charge in [-0.05, 0) is 12.8 Å². The van der Waals surface area contributed by atoms with Crippen LogP contribution in [0.25, 0.3) is 0 Å². The Morgan fingerprint density at radius 2 is 1.50 bits per heavy atom. The van der Waals surface area contributed by atoms with E-state index in [1.807, 2.05) is 0 Å². The van der Waals surface area contributed by atoms with Gasteiger partial charge in [0.15, 0.2) is 0 Å². The lowest BCUT2D eigenvalue weighted by Crippen LogP contribution is -1.94. The van der Waals surface area contributed by atoms with E-state index in [4.69, 9.17) is 0 Å². The lowest BCUT2D eigenvalue weighted by molar-refractivity contribution is 0.682. The molecule has 0 unspecified atom stereocenters. The maximum Gasteiger partial charge on any atom is 0.0145 e. The van der Waals surface area contributed by atoms with Gasteiger partial charge in [-0.15, -0.1) is 0 Å². The third-order valence-electron chi connectivity index (χ3n) is 1.20. The fourth-order valence-electron chi connectivity index (χ4n) is 0.771. The maximum atomic E-state index is 3.60. The first-order valence-electron chi connectivity index (χ1n) is 3.45. The van der Waals surface area contributed by atoms with E-state index in [9.17, 15) is 0 Å². The molecule has 0 aromatic heterocycles. The van der Waals surface area contributed by atoms with Crippen LogP contribution in [-0.4, -0.2) is 4.83 Å². The highest BCUT2D eigenvalue weighted by Crippen LogP contribution is 2.12. The molecule has 0 spiro atoms. The molecule has 0 aliphatic rings. The van der Waals surface area contributed by atoms with Crippen molar-refractivity contribution < 1.29 is 0 Å². The molecular formula is C7H15Br. The van der Waals surface area contributed by atoms with Crippen LogP contribution >= 0.6 is 15.9 Å². The quantitative estimate of drug-likeness (QED) is 0.580. The van der Waals surface area contributed by atoms with Crippen molar-refractivity contribution in [1.82, 2.24) is 0 Å². The van der Waals surface area contributed by atoms with Gasteiger partial charge in [0.25, 0.3) is 0 Å². The minimum absolute atomic E-state index is 0.775. The van der Waals surface area contributed by atoms with E-state index in [1.54, 1.807) is 0 Å². The highest BCUT2D eigenvalue weighted by atomic mass is 79.9. The van der Waals surface area contributed by atoms with E-state index in [-0.39, 0.29) is 0 Å². The Hall–Kier alpha value is 0.480. The Kier molecular flexibility index (Phi) is 5.95. The predicted molar refractivity (Wildman–Crippen MR) is 42.5 cm³/mol. The number of rotatable bonds is 4. The van der Waals surface area contributed by atoms with Gasteiger partial charge in [-0.1, -0.05) is 42.6 Å². The zero-order valence-electron chi connectivity index (χ0n) is 5.78. The van der Waals surface area contributed by atoms with Crippen molar-refractivity contribution in [2.75, 3.05) is 0 Å². The Labute approximate surface area is 60.8 Å². The largest absolute Gasteiger partial charge is 0.0891 e. The summed E-state index contributed by atoms with van der Waals surface area (Å²) in [5, 5.41) is 0. The molecule has 0 saturated carbocycles. The highest BCUT2D eigenvalue weighted by molar-refractivity contribution is 9.09. The minimum atomic E-state index is 0.775. The molecule has 0 aliphatic carbocycles. The molecule has 0 nitrogen and oxygen atoms in total. The molecule has 50 valence electrons. The Morgan fingerprint density at radius 1 is 1.12 bits per heavy atom. The zero-order valence-corrected chi connectivity index (χ0v) is 7.37. The minimum Gasteiger partial charge on any atom is -0.0891 e. The van der Waals surface area contributed by atoms with E-state index in [1.165, 1.54) is 25.7 Å². The van der Waals surface area contributed by atoms with Crippen LogP contribution in [0.3, 0.4) is 0 Å². The normalized spacial score (nSPS) is 10.5. The molecule has 8 heavy (non-hydrogen) atoms. The average molecular weight is 179 g/mol. The van der Waals surface area contributed by atoms with Crippen LogP contribution in [0, 0.1) is 0 Å². The van der Waals surface area contributed by atoms with Crippen molar-refractivity contribution in [2.24, 2.45) is 0 Å². The number of hydrogen-bond acceptors (Lipinski definition) is 0. The molecule has 0 aromatic carbocycles. The lowest BCUT2D eigenvalue weighted by Gasteiger charge is -2.03. The van der Waals surface area contributed by atoms with Crippen molar-refractivity contribution in [3.8, 4) is 0 Å². The summed E-state index contributed by atoms with van der Waals surface area (Å²) < 4.78 is 0. The zero-order chi connectivity index (χ0) is 6.41. The fourth-order valence-corrected chi connectivity index (χ4v) is 1.69. The molecule has 1 heteroatoms. The van der Waals surface area contributed by atoms with Gasteiger partial charge in [0.2, 0.25) is 0 Å². The summed E-state index contributed by atoms with van der Waals surface area (Å²) in [6.07, 6.45) is 5.26. The van der Waals surface area contributed by atoms with Crippen LogP contribution in [-0.2, 0) is 0 Å². The van der Waals surface area contributed by atoms with Crippen molar-refractivity contribution in [3.63, 3.8) is 0 Å². The summed E-state index contributed by atoms with van der Waals surface area (Å²) in [7, 11) is 0. The molecule has 0 saturated heterocycles. The highest BCUT2D eigenvalue weighted by Gasteiger charge is 1.97. The summed E-state index contributed by atoms with van der Waals surface area (Å²) in [6.45, 7) is 4.45. The summed E-state index contributed by atoms with van der Waals surface area (Å²) in [5.74, 6) is 0. The molecule has 0 fully saturated rings. The van der Waals surface area contributed by atoms with Crippen LogP contribution in [0.15, 0.2) is 0 Å². The molecule has 0 radical (unpaired) electrons. The molecule has 0 rings (SSSR count). The second-order valence-electron chi connectivity index (χ2n) is 2.17. The van der Waals surface area contributed by atoms with Gasteiger partial charge in [-0.3, -0.25) is 0 Å². The third kappa shape index (κ3) is 4.63. The number of halogens is 1. The summed E-state index contributed by atoms with van der Waals surface area (Å²) in [6, 6.07) is 0. The maximum absolute atomic E-state index is 3.60. The standard InChI is InChI=1S/C7H15Br/c1-3-5-7(8)6-4-2/h7H,3-6H2,1-2H3. The van der Waals surface area contributed by atoms with E-state index in [0.717, 1.165) is 4.83 Å². The van der Waals surface area contributed by atoms with Crippen LogP contribution < -0.4 is 0 Å². The monoisotopic (exact) mass is 178 g/mol. The first kappa shape index (κ1) is 8.48. The molecule has 0 aromatic rings. The molecule has 0 N–H and O–H groups in total. The summed E-state index contributed by atoms with van der Waals surface area (Å²) in [5.41, 5.74) is 0. The van der Waals surface area contributed by atoms with E-state index in [2.05, 4.69) is 29.8 Å². The summed E-state index contributed by atoms with van der Waals surface area (Å²) >= 11 is 3.60. The smallest absolute Gasteiger partial charge is 0.0145 e. The fraction of sp³-hybridized carbons (Fsp3) is 1.00.